The van der Waals surface area contributed by atoms with Crippen LogP contribution in [0.3, 0.4) is 0 Å². The summed E-state index contributed by atoms with van der Waals surface area (Å²) in [5.74, 6) is -0.00788. The van der Waals surface area contributed by atoms with Crippen LogP contribution in [0, 0.1) is 24.1 Å². The summed E-state index contributed by atoms with van der Waals surface area (Å²) in [5.41, 5.74) is 2.39. The zero-order chi connectivity index (χ0) is 14.3. The Kier molecular flexibility index (Phi) is 2.65. The van der Waals surface area contributed by atoms with Gasteiger partial charge in [0.05, 0.1) is 16.6 Å². The molecule has 0 aliphatic rings. The van der Waals surface area contributed by atoms with E-state index in [9.17, 15) is 9.50 Å². The summed E-state index contributed by atoms with van der Waals surface area (Å²) in [4.78, 5) is 7.38. The topological polar surface area (TPSA) is 72.7 Å². The quantitative estimate of drug-likeness (QED) is 0.710. The highest BCUT2D eigenvalue weighted by molar-refractivity contribution is 5.84. The van der Waals surface area contributed by atoms with Gasteiger partial charge in [-0.2, -0.15) is 5.26 Å². The van der Waals surface area contributed by atoms with Crippen molar-refractivity contribution < 1.29 is 9.50 Å². The van der Waals surface area contributed by atoms with Crippen molar-refractivity contribution in [3.8, 4) is 22.9 Å². The molecule has 5 heteroatoms. The number of hydrogen-bond donors (Lipinski definition) is 2. The predicted octanol–water partition coefficient (Wildman–Crippen LogP) is 3.25. The number of phenolic OH excluding ortho intramolecular Hbond substituents is 1. The molecule has 0 saturated carbocycles. The van der Waals surface area contributed by atoms with E-state index < -0.39 is 5.82 Å². The van der Waals surface area contributed by atoms with Gasteiger partial charge in [-0.15, -0.1) is 0 Å². The van der Waals surface area contributed by atoms with E-state index in [2.05, 4.69) is 9.97 Å². The number of phenols is 1. The lowest BCUT2D eigenvalue weighted by molar-refractivity contribution is 0.473. The van der Waals surface area contributed by atoms with Crippen molar-refractivity contribution in [3.63, 3.8) is 0 Å². The first-order valence-corrected chi connectivity index (χ1v) is 5.98. The molecule has 0 spiro atoms. The third-order valence-corrected chi connectivity index (χ3v) is 3.11. The van der Waals surface area contributed by atoms with Crippen LogP contribution in [0.4, 0.5) is 4.39 Å². The molecule has 0 amide bonds. The maximum atomic E-state index is 13.5. The number of nitriles is 1. The molecule has 4 nitrogen and oxygen atoms in total. The molecule has 2 aromatic carbocycles. The van der Waals surface area contributed by atoms with Crippen molar-refractivity contribution in [1.82, 2.24) is 9.97 Å². The van der Waals surface area contributed by atoms with Gasteiger partial charge in [0.25, 0.3) is 0 Å². The van der Waals surface area contributed by atoms with E-state index in [0.717, 1.165) is 22.9 Å². The molecule has 0 aliphatic carbocycles. The lowest BCUT2D eigenvalue weighted by atomic mass is 10.0. The van der Waals surface area contributed by atoms with Gasteiger partial charge < -0.3 is 10.1 Å². The number of rotatable bonds is 1. The first-order valence-electron chi connectivity index (χ1n) is 5.98. The normalized spacial score (nSPS) is 10.7. The van der Waals surface area contributed by atoms with Crippen molar-refractivity contribution in [1.29, 1.82) is 5.26 Å². The summed E-state index contributed by atoms with van der Waals surface area (Å²) in [5, 5.41) is 18.9. The SMILES string of the molecule is Cc1nc2cc(-c3cc(F)cc(C#N)c3O)ccc2[nH]1. The molecule has 1 aromatic heterocycles. The molecule has 3 aromatic rings. The summed E-state index contributed by atoms with van der Waals surface area (Å²) >= 11 is 0. The zero-order valence-corrected chi connectivity index (χ0v) is 10.6. The average molecular weight is 267 g/mol. The molecule has 2 N–H and O–H groups in total. The fourth-order valence-corrected chi connectivity index (χ4v) is 2.21. The van der Waals surface area contributed by atoms with Crippen LogP contribution in [0.5, 0.6) is 5.75 Å². The molecule has 0 radical (unpaired) electrons. The van der Waals surface area contributed by atoms with E-state index in [1.54, 1.807) is 24.3 Å². The van der Waals surface area contributed by atoms with Crippen molar-refractivity contribution in [2.75, 3.05) is 0 Å². The predicted molar refractivity (Wildman–Crippen MR) is 72.6 cm³/mol. The van der Waals surface area contributed by atoms with E-state index in [-0.39, 0.29) is 16.9 Å². The fraction of sp³-hybridized carbons (Fsp3) is 0.0667. The number of nitrogens with zero attached hydrogens (tertiary/aromatic N) is 2. The van der Waals surface area contributed by atoms with Crippen molar-refractivity contribution in [2.24, 2.45) is 0 Å². The van der Waals surface area contributed by atoms with E-state index in [0.29, 0.717) is 5.56 Å². The summed E-state index contributed by atoms with van der Waals surface area (Å²) < 4.78 is 13.5. The Morgan fingerprint density at radius 2 is 2.10 bits per heavy atom. The largest absolute Gasteiger partial charge is 0.506 e. The van der Waals surface area contributed by atoms with Crippen LogP contribution in [0.1, 0.15) is 11.4 Å². The van der Waals surface area contributed by atoms with Gasteiger partial charge in [0, 0.05) is 5.56 Å². The first-order chi connectivity index (χ1) is 9.58. The van der Waals surface area contributed by atoms with Crippen molar-refractivity contribution in [2.45, 2.75) is 6.92 Å². The molecule has 0 bridgehead atoms. The Hall–Kier alpha value is -2.87. The molecule has 1 heterocycles. The zero-order valence-electron chi connectivity index (χ0n) is 10.6. The lowest BCUT2D eigenvalue weighted by Gasteiger charge is -2.06. The fourth-order valence-electron chi connectivity index (χ4n) is 2.21. The smallest absolute Gasteiger partial charge is 0.141 e. The number of halogens is 1. The molecular formula is C15H10FN3O. The molecule has 98 valence electrons. The van der Waals surface area contributed by atoms with Gasteiger partial charge in [0.2, 0.25) is 0 Å². The Morgan fingerprint density at radius 3 is 2.85 bits per heavy atom. The Morgan fingerprint density at radius 1 is 1.30 bits per heavy atom. The minimum atomic E-state index is -0.562. The summed E-state index contributed by atoms with van der Waals surface area (Å²) in [6.07, 6.45) is 0. The van der Waals surface area contributed by atoms with Gasteiger partial charge in [0.1, 0.15) is 23.5 Å². The molecule has 3 rings (SSSR count). The highest BCUT2D eigenvalue weighted by Crippen LogP contribution is 2.34. The Labute approximate surface area is 114 Å². The molecular weight excluding hydrogens is 257 g/mol. The van der Waals surface area contributed by atoms with Gasteiger partial charge in [-0.3, -0.25) is 0 Å². The number of H-pyrrole nitrogens is 1. The number of aromatic hydroxyl groups is 1. The van der Waals surface area contributed by atoms with E-state index in [1.165, 1.54) is 6.07 Å². The van der Waals surface area contributed by atoms with Crippen LogP contribution in [0.15, 0.2) is 30.3 Å². The number of aromatic amines is 1. The van der Waals surface area contributed by atoms with E-state index in [4.69, 9.17) is 5.26 Å². The maximum absolute atomic E-state index is 13.5. The number of hydrogen-bond acceptors (Lipinski definition) is 3. The van der Waals surface area contributed by atoms with Crippen LogP contribution in [0.2, 0.25) is 0 Å². The second-order valence-electron chi connectivity index (χ2n) is 4.52. The van der Waals surface area contributed by atoms with E-state index >= 15 is 0 Å². The molecule has 20 heavy (non-hydrogen) atoms. The number of imidazole rings is 1. The lowest BCUT2D eigenvalue weighted by Crippen LogP contribution is -1.87. The number of aromatic nitrogens is 2. The minimum Gasteiger partial charge on any atom is -0.506 e. The van der Waals surface area contributed by atoms with Crippen LogP contribution in [0.25, 0.3) is 22.2 Å². The summed E-state index contributed by atoms with van der Waals surface area (Å²) in [7, 11) is 0. The highest BCUT2D eigenvalue weighted by Gasteiger charge is 2.13. The Balaban J connectivity index is 2.25. The van der Waals surface area contributed by atoms with E-state index in [1.807, 2.05) is 6.92 Å². The summed E-state index contributed by atoms with van der Waals surface area (Å²) in [6.45, 7) is 1.84. The van der Waals surface area contributed by atoms with Crippen molar-refractivity contribution >= 4 is 11.0 Å². The summed E-state index contributed by atoms with van der Waals surface area (Å²) in [6, 6.07) is 9.29. The molecule has 0 atom stereocenters. The molecule has 0 saturated heterocycles. The Bertz CT molecular complexity index is 861. The third-order valence-electron chi connectivity index (χ3n) is 3.11. The van der Waals surface area contributed by atoms with Crippen LogP contribution in [-0.2, 0) is 0 Å². The molecule has 0 aliphatic heterocycles. The van der Waals surface area contributed by atoms with Gasteiger partial charge >= 0.3 is 0 Å². The second-order valence-corrected chi connectivity index (χ2v) is 4.52. The van der Waals surface area contributed by atoms with Crippen LogP contribution in [-0.4, -0.2) is 15.1 Å². The number of nitrogens with one attached hydrogen (secondary N) is 1. The number of fused-ring (bicyclic) bond motifs is 1. The second kappa shape index (κ2) is 4.35. The van der Waals surface area contributed by atoms with Gasteiger partial charge in [-0.25, -0.2) is 9.37 Å². The molecule has 0 fully saturated rings. The number of benzene rings is 2. The van der Waals surface area contributed by atoms with Gasteiger partial charge in [-0.1, -0.05) is 6.07 Å². The van der Waals surface area contributed by atoms with Crippen LogP contribution >= 0.6 is 0 Å². The van der Waals surface area contributed by atoms with Gasteiger partial charge in [-0.05, 0) is 36.8 Å². The third kappa shape index (κ3) is 1.88. The van der Waals surface area contributed by atoms with Crippen LogP contribution < -0.4 is 0 Å². The average Bonchev–Trinajstić information content (AvgIpc) is 2.80. The standard InChI is InChI=1S/C15H10FN3O/c1-8-18-13-3-2-9(5-14(13)19-8)12-6-11(16)4-10(7-17)15(12)20/h2-6,20H,1H3,(H,18,19). The highest BCUT2D eigenvalue weighted by atomic mass is 19.1. The minimum absolute atomic E-state index is 0.0849. The van der Waals surface area contributed by atoms with Gasteiger partial charge in [0.15, 0.2) is 0 Å². The monoisotopic (exact) mass is 267 g/mol. The van der Waals surface area contributed by atoms with Crippen molar-refractivity contribution in [3.05, 3.63) is 47.5 Å². The molecule has 0 unspecified atom stereocenters. The number of aryl methyl sites for hydroxylation is 1. The first kappa shape index (κ1) is 12.2. The maximum Gasteiger partial charge on any atom is 0.141 e.